The van der Waals surface area contributed by atoms with Crippen LogP contribution in [0.5, 0.6) is 11.5 Å². The molecule has 1 rings (SSSR count). The van der Waals surface area contributed by atoms with Crippen molar-refractivity contribution < 1.29 is 28.5 Å². The third kappa shape index (κ3) is 2.62. The van der Waals surface area contributed by atoms with Crippen LogP contribution in [0.2, 0.25) is 0 Å². The maximum absolute atomic E-state index is 13.4. The number of nitrogens with two attached hydrogens (primary N) is 1. The molecule has 0 aliphatic heterocycles. The number of halogens is 2. The lowest BCUT2D eigenvalue weighted by atomic mass is 10.0. The maximum atomic E-state index is 13.4. The largest absolute Gasteiger partial charge is 0.504 e. The van der Waals surface area contributed by atoms with E-state index < -0.39 is 41.4 Å². The normalized spacial score (nSPS) is 12.2. The molecular weight excluding hydrogens is 236 g/mol. The lowest BCUT2D eigenvalue weighted by Crippen LogP contribution is -2.17. The molecule has 1 atom stereocenters. The van der Waals surface area contributed by atoms with E-state index in [0.717, 1.165) is 7.11 Å². The van der Waals surface area contributed by atoms with Crippen LogP contribution in [0.1, 0.15) is 18.0 Å². The smallest absolute Gasteiger partial charge is 0.305 e. The molecule has 94 valence electrons. The van der Waals surface area contributed by atoms with Gasteiger partial charge >= 0.3 is 5.97 Å². The van der Waals surface area contributed by atoms with Gasteiger partial charge in [-0.1, -0.05) is 0 Å². The van der Waals surface area contributed by atoms with Gasteiger partial charge in [0.25, 0.3) is 0 Å². The molecule has 0 spiro atoms. The van der Waals surface area contributed by atoms with Gasteiger partial charge in [-0.3, -0.25) is 4.79 Å². The zero-order valence-electron chi connectivity index (χ0n) is 8.91. The standard InChI is InChI=1S/C10H11F2NO4/c1-17-6-2-4(11)9(12)8(10(6)16)5(13)3-7(14)15/h2,5,16H,3,13H2,1H3,(H,14,15). The number of rotatable bonds is 4. The second kappa shape index (κ2) is 4.96. The minimum Gasteiger partial charge on any atom is -0.504 e. The molecule has 0 aliphatic carbocycles. The zero-order chi connectivity index (χ0) is 13.2. The van der Waals surface area contributed by atoms with Gasteiger partial charge in [0.15, 0.2) is 23.1 Å². The number of benzene rings is 1. The number of carbonyl (C=O) groups is 1. The summed E-state index contributed by atoms with van der Waals surface area (Å²) in [4.78, 5) is 10.4. The van der Waals surface area contributed by atoms with E-state index in [1.807, 2.05) is 0 Å². The van der Waals surface area contributed by atoms with E-state index in [4.69, 9.17) is 10.8 Å². The Balaban J connectivity index is 3.30. The summed E-state index contributed by atoms with van der Waals surface area (Å²) in [5.41, 5.74) is 4.78. The zero-order valence-corrected chi connectivity index (χ0v) is 8.91. The third-order valence-electron chi connectivity index (χ3n) is 2.18. The van der Waals surface area contributed by atoms with E-state index in [-0.39, 0.29) is 5.75 Å². The fourth-order valence-electron chi connectivity index (χ4n) is 1.40. The molecular formula is C10H11F2NO4. The lowest BCUT2D eigenvalue weighted by Gasteiger charge is -2.15. The van der Waals surface area contributed by atoms with Crippen LogP contribution in [0, 0.1) is 11.6 Å². The summed E-state index contributed by atoms with van der Waals surface area (Å²) in [5, 5.41) is 18.1. The van der Waals surface area contributed by atoms with Gasteiger partial charge in [0.2, 0.25) is 0 Å². The maximum Gasteiger partial charge on any atom is 0.305 e. The first-order chi connectivity index (χ1) is 7.88. The molecule has 0 fully saturated rings. The number of methoxy groups -OCH3 is 1. The van der Waals surface area contributed by atoms with E-state index in [9.17, 15) is 18.7 Å². The number of aliphatic carboxylic acids is 1. The van der Waals surface area contributed by atoms with Gasteiger partial charge in [-0.2, -0.15) is 0 Å². The lowest BCUT2D eigenvalue weighted by molar-refractivity contribution is -0.137. The van der Waals surface area contributed by atoms with Crippen molar-refractivity contribution in [3.8, 4) is 11.5 Å². The average Bonchev–Trinajstić information content (AvgIpc) is 2.22. The summed E-state index contributed by atoms with van der Waals surface area (Å²) >= 11 is 0. The third-order valence-corrected chi connectivity index (χ3v) is 2.18. The van der Waals surface area contributed by atoms with Crippen molar-refractivity contribution >= 4 is 5.97 Å². The highest BCUT2D eigenvalue weighted by atomic mass is 19.2. The first-order valence-corrected chi connectivity index (χ1v) is 4.60. The molecule has 17 heavy (non-hydrogen) atoms. The molecule has 5 nitrogen and oxygen atoms in total. The highest BCUT2D eigenvalue weighted by molar-refractivity contribution is 5.68. The average molecular weight is 247 g/mol. The number of aromatic hydroxyl groups is 1. The Kier molecular flexibility index (Phi) is 3.84. The Hall–Kier alpha value is -1.89. The molecule has 4 N–H and O–H groups in total. The van der Waals surface area contributed by atoms with E-state index >= 15 is 0 Å². The number of phenolic OH excluding ortho intramolecular Hbond substituents is 1. The topological polar surface area (TPSA) is 92.8 Å². The van der Waals surface area contributed by atoms with Gasteiger partial charge in [-0.25, -0.2) is 8.78 Å². The van der Waals surface area contributed by atoms with E-state index in [0.29, 0.717) is 6.07 Å². The number of hydrogen-bond donors (Lipinski definition) is 3. The first-order valence-electron chi connectivity index (χ1n) is 4.60. The highest BCUT2D eigenvalue weighted by Crippen LogP contribution is 2.37. The molecule has 1 aromatic carbocycles. The van der Waals surface area contributed by atoms with Crippen molar-refractivity contribution in [3.05, 3.63) is 23.3 Å². The Bertz CT molecular complexity index is 450. The summed E-state index contributed by atoms with van der Waals surface area (Å²) in [7, 11) is 1.15. The predicted molar refractivity (Wildman–Crippen MR) is 53.8 cm³/mol. The monoisotopic (exact) mass is 247 g/mol. The van der Waals surface area contributed by atoms with Crippen molar-refractivity contribution in [1.29, 1.82) is 0 Å². The van der Waals surface area contributed by atoms with Gasteiger partial charge in [-0.05, 0) is 0 Å². The minimum absolute atomic E-state index is 0.306. The molecule has 0 radical (unpaired) electrons. The highest BCUT2D eigenvalue weighted by Gasteiger charge is 2.25. The van der Waals surface area contributed by atoms with Gasteiger partial charge in [0.1, 0.15) is 0 Å². The number of carboxylic acids is 1. The molecule has 7 heteroatoms. The van der Waals surface area contributed by atoms with Crippen LogP contribution in [-0.2, 0) is 4.79 Å². The fourth-order valence-corrected chi connectivity index (χ4v) is 1.40. The number of ether oxygens (including phenoxy) is 1. The second-order valence-corrected chi connectivity index (χ2v) is 3.34. The minimum atomic E-state index is -1.38. The van der Waals surface area contributed by atoms with Crippen molar-refractivity contribution in [3.63, 3.8) is 0 Å². The number of phenols is 1. The molecule has 1 aromatic rings. The first kappa shape index (κ1) is 13.2. The molecule has 0 amide bonds. The quantitative estimate of drug-likeness (QED) is 0.742. The van der Waals surface area contributed by atoms with Crippen LogP contribution >= 0.6 is 0 Å². The SMILES string of the molecule is COc1cc(F)c(F)c(C(N)CC(=O)O)c1O. The van der Waals surface area contributed by atoms with Crippen LogP contribution in [0.3, 0.4) is 0 Å². The summed E-state index contributed by atoms with van der Waals surface area (Å²) in [5.74, 6) is -4.94. The molecule has 0 heterocycles. The van der Waals surface area contributed by atoms with Crippen LogP contribution in [0.25, 0.3) is 0 Å². The Morgan fingerprint density at radius 1 is 1.59 bits per heavy atom. The Morgan fingerprint density at radius 3 is 2.65 bits per heavy atom. The summed E-state index contributed by atoms with van der Waals surface area (Å²) < 4.78 is 31.2. The van der Waals surface area contributed by atoms with Gasteiger partial charge in [-0.15, -0.1) is 0 Å². The molecule has 0 bridgehead atoms. The Labute approximate surface area is 95.4 Å². The van der Waals surface area contributed by atoms with E-state index in [2.05, 4.69) is 4.74 Å². The summed E-state index contributed by atoms with van der Waals surface area (Å²) in [6.07, 6.45) is -0.642. The molecule has 0 saturated carbocycles. The van der Waals surface area contributed by atoms with Gasteiger partial charge in [0.05, 0.1) is 19.1 Å². The van der Waals surface area contributed by atoms with Gasteiger partial charge < -0.3 is 20.7 Å². The fraction of sp³-hybridized carbons (Fsp3) is 0.300. The van der Waals surface area contributed by atoms with Crippen molar-refractivity contribution in [2.75, 3.05) is 7.11 Å². The van der Waals surface area contributed by atoms with E-state index in [1.54, 1.807) is 0 Å². The molecule has 0 aliphatic rings. The second-order valence-electron chi connectivity index (χ2n) is 3.34. The Morgan fingerprint density at radius 2 is 2.18 bits per heavy atom. The van der Waals surface area contributed by atoms with Crippen LogP contribution in [-0.4, -0.2) is 23.3 Å². The summed E-state index contributed by atoms with van der Waals surface area (Å²) in [6, 6.07) is -0.709. The van der Waals surface area contributed by atoms with Crippen molar-refractivity contribution in [2.24, 2.45) is 5.73 Å². The molecule has 1 unspecified atom stereocenters. The predicted octanol–water partition coefficient (Wildman–Crippen LogP) is 1.15. The van der Waals surface area contributed by atoms with Crippen molar-refractivity contribution in [1.82, 2.24) is 0 Å². The molecule has 0 aromatic heterocycles. The van der Waals surface area contributed by atoms with Crippen LogP contribution < -0.4 is 10.5 Å². The number of carboxylic acid groups (broad SMARTS) is 1. The van der Waals surface area contributed by atoms with Crippen molar-refractivity contribution in [2.45, 2.75) is 12.5 Å². The van der Waals surface area contributed by atoms with E-state index in [1.165, 1.54) is 0 Å². The van der Waals surface area contributed by atoms with Gasteiger partial charge in [0, 0.05) is 12.1 Å². The summed E-state index contributed by atoms with van der Waals surface area (Å²) in [6.45, 7) is 0. The molecule has 0 saturated heterocycles. The number of hydrogen-bond acceptors (Lipinski definition) is 4. The van der Waals surface area contributed by atoms with Crippen LogP contribution in [0.15, 0.2) is 6.07 Å². The van der Waals surface area contributed by atoms with Crippen LogP contribution in [0.4, 0.5) is 8.78 Å².